The van der Waals surface area contributed by atoms with Gasteiger partial charge < -0.3 is 9.73 Å². The van der Waals surface area contributed by atoms with Gasteiger partial charge in [0.25, 0.3) is 5.91 Å². The van der Waals surface area contributed by atoms with Crippen molar-refractivity contribution >= 4 is 15.7 Å². The highest BCUT2D eigenvalue weighted by Crippen LogP contribution is 2.34. The molecule has 5 nitrogen and oxygen atoms in total. The van der Waals surface area contributed by atoms with Gasteiger partial charge >= 0.3 is 0 Å². The molecule has 2 aromatic rings. The zero-order valence-corrected chi connectivity index (χ0v) is 12.3. The van der Waals surface area contributed by atoms with Crippen LogP contribution in [0.15, 0.2) is 45.9 Å². The van der Waals surface area contributed by atoms with E-state index >= 15 is 0 Å². The molecule has 0 aliphatic heterocycles. The number of sulfone groups is 1. The van der Waals surface area contributed by atoms with Crippen molar-refractivity contribution in [1.82, 2.24) is 5.32 Å². The molecule has 0 bridgehead atoms. The van der Waals surface area contributed by atoms with Crippen LogP contribution < -0.4 is 5.32 Å². The SMILES string of the molecule is CS(=O)(=O)c1ccc(C(=O)NCC2Cc3ccccc32)o1. The number of carbonyl (C=O) groups is 1. The summed E-state index contributed by atoms with van der Waals surface area (Å²) < 4.78 is 27.7. The van der Waals surface area contributed by atoms with Gasteiger partial charge in [0.2, 0.25) is 14.9 Å². The molecule has 1 N–H and O–H groups in total. The number of fused-ring (bicyclic) bond motifs is 1. The second-order valence-corrected chi connectivity index (χ2v) is 7.15. The molecule has 1 heterocycles. The summed E-state index contributed by atoms with van der Waals surface area (Å²) in [6, 6.07) is 10.8. The van der Waals surface area contributed by atoms with Gasteiger partial charge in [-0.05, 0) is 29.7 Å². The van der Waals surface area contributed by atoms with E-state index in [1.54, 1.807) is 0 Å². The minimum Gasteiger partial charge on any atom is -0.440 e. The summed E-state index contributed by atoms with van der Waals surface area (Å²) in [7, 11) is -3.43. The minimum atomic E-state index is -3.43. The lowest BCUT2D eigenvalue weighted by Gasteiger charge is -2.30. The number of carbonyl (C=O) groups excluding carboxylic acids is 1. The van der Waals surface area contributed by atoms with Gasteiger partial charge in [-0.3, -0.25) is 4.79 Å². The predicted octanol–water partition coefficient (Wildman–Crippen LogP) is 1.75. The highest BCUT2D eigenvalue weighted by molar-refractivity contribution is 7.90. The van der Waals surface area contributed by atoms with E-state index < -0.39 is 15.7 Å². The van der Waals surface area contributed by atoms with Crippen LogP contribution in [0.1, 0.15) is 27.6 Å². The van der Waals surface area contributed by atoms with Crippen LogP contribution >= 0.6 is 0 Å². The maximum atomic E-state index is 11.9. The Morgan fingerprint density at radius 3 is 2.71 bits per heavy atom. The second-order valence-electron chi connectivity index (χ2n) is 5.20. The minimum absolute atomic E-state index is 0.0167. The molecule has 110 valence electrons. The van der Waals surface area contributed by atoms with Gasteiger partial charge in [-0.1, -0.05) is 24.3 Å². The molecule has 1 atom stereocenters. The Bertz CT molecular complexity index is 792. The number of hydrogen-bond donors (Lipinski definition) is 1. The van der Waals surface area contributed by atoms with Crippen LogP contribution in [0.4, 0.5) is 0 Å². The topological polar surface area (TPSA) is 76.4 Å². The average molecular weight is 305 g/mol. The molecule has 1 aromatic carbocycles. The number of furan rings is 1. The van der Waals surface area contributed by atoms with Crippen LogP contribution in [0.3, 0.4) is 0 Å². The Kier molecular flexibility index (Phi) is 3.33. The number of nitrogens with one attached hydrogen (secondary N) is 1. The zero-order valence-electron chi connectivity index (χ0n) is 11.5. The first-order valence-electron chi connectivity index (χ1n) is 6.61. The fourth-order valence-electron chi connectivity index (χ4n) is 2.49. The van der Waals surface area contributed by atoms with Crippen molar-refractivity contribution in [2.75, 3.05) is 12.8 Å². The van der Waals surface area contributed by atoms with Gasteiger partial charge in [0.15, 0.2) is 5.76 Å². The van der Waals surface area contributed by atoms with Crippen molar-refractivity contribution in [3.63, 3.8) is 0 Å². The van der Waals surface area contributed by atoms with Gasteiger partial charge in [0.1, 0.15) is 0 Å². The fourth-order valence-corrected chi connectivity index (χ4v) is 3.05. The van der Waals surface area contributed by atoms with Crippen LogP contribution in [0, 0.1) is 0 Å². The smallest absolute Gasteiger partial charge is 0.287 e. The Labute approximate surface area is 122 Å². The summed E-state index contributed by atoms with van der Waals surface area (Å²) >= 11 is 0. The average Bonchev–Trinajstić information content (AvgIpc) is 2.89. The van der Waals surface area contributed by atoms with Crippen molar-refractivity contribution < 1.29 is 17.6 Å². The lowest BCUT2D eigenvalue weighted by atomic mass is 9.77. The van der Waals surface area contributed by atoms with Crippen molar-refractivity contribution in [3.8, 4) is 0 Å². The van der Waals surface area contributed by atoms with Crippen molar-refractivity contribution in [2.24, 2.45) is 0 Å². The molecule has 0 saturated heterocycles. The summed E-state index contributed by atoms with van der Waals surface area (Å²) in [5.74, 6) is -0.0631. The third kappa shape index (κ3) is 2.71. The van der Waals surface area contributed by atoms with Gasteiger partial charge in [-0.2, -0.15) is 0 Å². The molecule has 0 fully saturated rings. The largest absolute Gasteiger partial charge is 0.440 e. The van der Waals surface area contributed by atoms with Crippen molar-refractivity contribution in [1.29, 1.82) is 0 Å². The maximum Gasteiger partial charge on any atom is 0.287 e. The monoisotopic (exact) mass is 305 g/mol. The molecular formula is C15H15NO4S. The van der Waals surface area contributed by atoms with E-state index in [-0.39, 0.29) is 10.9 Å². The van der Waals surface area contributed by atoms with E-state index in [0.29, 0.717) is 12.5 Å². The molecule has 0 saturated carbocycles. The molecule has 21 heavy (non-hydrogen) atoms. The van der Waals surface area contributed by atoms with Gasteiger partial charge in [-0.15, -0.1) is 0 Å². The number of rotatable bonds is 4. The fraction of sp³-hybridized carbons (Fsp3) is 0.267. The highest BCUT2D eigenvalue weighted by Gasteiger charge is 2.26. The molecule has 6 heteroatoms. The molecular weight excluding hydrogens is 290 g/mol. The zero-order chi connectivity index (χ0) is 15.0. The number of benzene rings is 1. The Hall–Kier alpha value is -2.08. The Balaban J connectivity index is 1.62. The van der Waals surface area contributed by atoms with Crippen LogP contribution in [0.5, 0.6) is 0 Å². The first-order chi connectivity index (χ1) is 9.95. The quantitative estimate of drug-likeness (QED) is 0.933. The summed E-state index contributed by atoms with van der Waals surface area (Å²) in [6.45, 7) is 0.519. The highest BCUT2D eigenvalue weighted by atomic mass is 32.2. The van der Waals surface area contributed by atoms with E-state index in [9.17, 15) is 13.2 Å². The van der Waals surface area contributed by atoms with Gasteiger partial charge in [0.05, 0.1) is 0 Å². The first kappa shape index (κ1) is 13.9. The third-order valence-corrected chi connectivity index (χ3v) is 4.59. The summed E-state index contributed by atoms with van der Waals surface area (Å²) in [6.07, 6.45) is 1.99. The Morgan fingerprint density at radius 1 is 1.29 bits per heavy atom. The summed E-state index contributed by atoms with van der Waals surface area (Å²) in [5, 5.41) is 2.59. The Morgan fingerprint density at radius 2 is 2.05 bits per heavy atom. The molecule has 1 aromatic heterocycles. The van der Waals surface area contributed by atoms with E-state index in [1.807, 2.05) is 12.1 Å². The lowest BCUT2D eigenvalue weighted by molar-refractivity contribution is 0.0917. The van der Waals surface area contributed by atoms with Crippen LogP contribution in [-0.2, 0) is 16.3 Å². The molecule has 0 spiro atoms. The number of amides is 1. The van der Waals surface area contributed by atoms with E-state index in [0.717, 1.165) is 12.7 Å². The predicted molar refractivity (Wildman–Crippen MR) is 77.0 cm³/mol. The summed E-state index contributed by atoms with van der Waals surface area (Å²) in [4.78, 5) is 11.9. The molecule has 1 unspecified atom stereocenters. The van der Waals surface area contributed by atoms with Crippen molar-refractivity contribution in [2.45, 2.75) is 17.4 Å². The third-order valence-electron chi connectivity index (χ3n) is 3.64. The lowest BCUT2D eigenvalue weighted by Crippen LogP contribution is -2.32. The normalized spacial score (nSPS) is 16.9. The molecule has 1 aliphatic rings. The standard InChI is InChI=1S/C15H15NO4S/c1-21(18,19)14-7-6-13(20-14)15(17)16-9-11-8-10-4-2-3-5-12(10)11/h2-7,11H,8-9H2,1H3,(H,16,17). The van der Waals surface area contributed by atoms with Crippen molar-refractivity contribution in [3.05, 3.63) is 53.3 Å². The molecule has 3 rings (SSSR count). The summed E-state index contributed by atoms with van der Waals surface area (Å²) in [5.41, 5.74) is 2.57. The second kappa shape index (κ2) is 5.04. The van der Waals surface area contributed by atoms with Crippen LogP contribution in [0.2, 0.25) is 0 Å². The van der Waals surface area contributed by atoms with Gasteiger partial charge in [0, 0.05) is 18.7 Å². The maximum absolute atomic E-state index is 11.9. The first-order valence-corrected chi connectivity index (χ1v) is 8.50. The molecule has 1 aliphatic carbocycles. The van der Waals surface area contributed by atoms with Crippen LogP contribution in [-0.4, -0.2) is 27.1 Å². The van der Waals surface area contributed by atoms with Crippen LogP contribution in [0.25, 0.3) is 0 Å². The van der Waals surface area contributed by atoms with Gasteiger partial charge in [-0.25, -0.2) is 8.42 Å². The molecule has 1 amide bonds. The number of hydrogen-bond acceptors (Lipinski definition) is 4. The molecule has 0 radical (unpaired) electrons. The van der Waals surface area contributed by atoms with E-state index in [1.165, 1.54) is 23.3 Å². The van der Waals surface area contributed by atoms with E-state index in [2.05, 4.69) is 17.4 Å². The van der Waals surface area contributed by atoms with E-state index in [4.69, 9.17) is 4.42 Å².